The van der Waals surface area contributed by atoms with Crippen LogP contribution in [0.5, 0.6) is 5.88 Å². The van der Waals surface area contributed by atoms with Crippen LogP contribution in [0.4, 0.5) is 0 Å². The van der Waals surface area contributed by atoms with E-state index < -0.39 is 5.92 Å². The highest BCUT2D eigenvalue weighted by molar-refractivity contribution is 9.09. The maximum Gasteiger partial charge on any atom is 0.316 e. The van der Waals surface area contributed by atoms with Crippen molar-refractivity contribution < 1.29 is 18.8 Å². The second-order valence-electron chi connectivity index (χ2n) is 4.40. The maximum atomic E-state index is 11.7. The number of esters is 1. The molecule has 2 unspecified atom stereocenters. The number of carbonyl (C=O) groups is 1. The monoisotopic (exact) mass is 319 g/mol. The van der Waals surface area contributed by atoms with Gasteiger partial charge in [-0.3, -0.25) is 4.79 Å². The van der Waals surface area contributed by atoms with E-state index in [9.17, 15) is 4.79 Å². The van der Waals surface area contributed by atoms with Crippen LogP contribution in [0.2, 0.25) is 0 Å². The van der Waals surface area contributed by atoms with Crippen molar-refractivity contribution >= 4 is 21.9 Å². The first-order chi connectivity index (χ1) is 8.49. The second kappa shape index (κ2) is 6.78. The van der Waals surface area contributed by atoms with E-state index in [1.54, 1.807) is 6.07 Å². The van der Waals surface area contributed by atoms with Crippen LogP contribution in [0, 0.1) is 5.92 Å². The molecule has 1 aromatic rings. The van der Waals surface area contributed by atoms with Crippen LogP contribution in [0.15, 0.2) is 10.6 Å². The van der Waals surface area contributed by atoms with Gasteiger partial charge in [0.1, 0.15) is 12.0 Å². The van der Waals surface area contributed by atoms with Crippen LogP contribution >= 0.6 is 15.9 Å². The summed E-state index contributed by atoms with van der Waals surface area (Å²) < 4.78 is 15.4. The summed E-state index contributed by atoms with van der Waals surface area (Å²) in [7, 11) is 1.36. The number of rotatable bonds is 6. The molecule has 2 atom stereocenters. The van der Waals surface area contributed by atoms with Crippen molar-refractivity contribution in [2.24, 2.45) is 5.92 Å². The Balaban J connectivity index is 2.84. The van der Waals surface area contributed by atoms with Gasteiger partial charge in [0.15, 0.2) is 5.76 Å². The molecule has 0 spiro atoms. The number of halogens is 1. The Hall–Kier alpha value is -1.04. The minimum Gasteiger partial charge on any atom is -0.472 e. The molecule has 0 aromatic carbocycles. The van der Waals surface area contributed by atoms with Gasteiger partial charge in [0.2, 0.25) is 0 Å². The van der Waals surface area contributed by atoms with Crippen molar-refractivity contribution in [1.82, 2.24) is 5.16 Å². The Kier molecular flexibility index (Phi) is 5.65. The summed E-state index contributed by atoms with van der Waals surface area (Å²) in [6.45, 7) is 5.75. The van der Waals surface area contributed by atoms with Gasteiger partial charge >= 0.3 is 5.97 Å². The molecule has 0 bridgehead atoms. The summed E-state index contributed by atoms with van der Waals surface area (Å²) in [6.07, 6.45) is -0.0152. The molecular formula is C12H18BrNO4. The van der Waals surface area contributed by atoms with Crippen LogP contribution < -0.4 is 4.74 Å². The molecule has 18 heavy (non-hydrogen) atoms. The number of nitrogens with zero attached hydrogens (tertiary/aromatic N) is 1. The van der Waals surface area contributed by atoms with Crippen LogP contribution in [0.3, 0.4) is 0 Å². The van der Waals surface area contributed by atoms with Crippen molar-refractivity contribution in [1.29, 1.82) is 0 Å². The number of ether oxygens (including phenoxy) is 2. The fourth-order valence-corrected chi connectivity index (χ4v) is 1.69. The molecule has 6 heteroatoms. The van der Waals surface area contributed by atoms with Gasteiger partial charge in [0.05, 0.1) is 7.11 Å². The van der Waals surface area contributed by atoms with Gasteiger partial charge in [0, 0.05) is 11.4 Å². The quantitative estimate of drug-likeness (QED) is 0.596. The fourth-order valence-electron chi connectivity index (χ4n) is 1.56. The molecule has 1 aromatic heterocycles. The minimum atomic E-state index is -0.459. The lowest BCUT2D eigenvalue weighted by Gasteiger charge is -2.14. The normalized spacial score (nSPS) is 14.3. The van der Waals surface area contributed by atoms with E-state index in [1.807, 2.05) is 20.8 Å². The van der Waals surface area contributed by atoms with Gasteiger partial charge in [-0.1, -0.05) is 29.8 Å². The zero-order chi connectivity index (χ0) is 13.7. The Morgan fingerprint density at radius 2 is 2.17 bits per heavy atom. The Morgan fingerprint density at radius 3 is 2.67 bits per heavy atom. The summed E-state index contributed by atoms with van der Waals surface area (Å²) in [5, 5.41) is 4.49. The molecular weight excluding hydrogens is 302 g/mol. The number of aromatic nitrogens is 1. The largest absolute Gasteiger partial charge is 0.472 e. The smallest absolute Gasteiger partial charge is 0.316 e. The standard InChI is InChI=1S/C12H18BrNO4/c1-7(2)11(12(15)16-4)9-5-10(14-18-9)17-8(3)6-13/h5,7-8,11H,6H2,1-4H3. The lowest BCUT2D eigenvalue weighted by Crippen LogP contribution is -2.19. The number of methoxy groups -OCH3 is 1. The molecule has 1 heterocycles. The second-order valence-corrected chi connectivity index (χ2v) is 5.04. The number of hydrogen-bond acceptors (Lipinski definition) is 5. The Labute approximate surface area is 115 Å². The van der Waals surface area contributed by atoms with Gasteiger partial charge < -0.3 is 14.0 Å². The molecule has 0 aliphatic heterocycles. The van der Waals surface area contributed by atoms with E-state index in [-0.39, 0.29) is 18.0 Å². The molecule has 1 rings (SSSR count). The highest BCUT2D eigenvalue weighted by Gasteiger charge is 2.29. The van der Waals surface area contributed by atoms with E-state index in [4.69, 9.17) is 14.0 Å². The van der Waals surface area contributed by atoms with E-state index in [2.05, 4.69) is 21.1 Å². The third kappa shape index (κ3) is 3.73. The first-order valence-electron chi connectivity index (χ1n) is 5.76. The maximum absolute atomic E-state index is 11.7. The summed E-state index contributed by atoms with van der Waals surface area (Å²) >= 11 is 3.31. The van der Waals surface area contributed by atoms with Gasteiger partial charge in [-0.25, -0.2) is 0 Å². The van der Waals surface area contributed by atoms with Crippen molar-refractivity contribution in [2.75, 3.05) is 12.4 Å². The molecule has 0 fully saturated rings. The molecule has 102 valence electrons. The molecule has 0 saturated carbocycles. The number of hydrogen-bond donors (Lipinski definition) is 0. The predicted molar refractivity (Wildman–Crippen MR) is 70.0 cm³/mol. The molecule has 0 N–H and O–H groups in total. The van der Waals surface area contributed by atoms with E-state index >= 15 is 0 Å². The zero-order valence-corrected chi connectivity index (χ0v) is 12.6. The fraction of sp³-hybridized carbons (Fsp3) is 0.667. The van der Waals surface area contributed by atoms with E-state index in [0.717, 1.165) is 0 Å². The van der Waals surface area contributed by atoms with Crippen LogP contribution in [0.1, 0.15) is 32.4 Å². The van der Waals surface area contributed by atoms with Crippen molar-refractivity contribution in [3.05, 3.63) is 11.8 Å². The first kappa shape index (κ1) is 15.0. The van der Waals surface area contributed by atoms with Gasteiger partial charge in [0.25, 0.3) is 5.88 Å². The van der Waals surface area contributed by atoms with Gasteiger partial charge in [-0.15, -0.1) is 0 Å². The molecule has 0 aliphatic rings. The highest BCUT2D eigenvalue weighted by Crippen LogP contribution is 2.28. The summed E-state index contributed by atoms with van der Waals surface area (Å²) in [4.78, 5) is 11.7. The minimum absolute atomic E-state index is 0.0152. The van der Waals surface area contributed by atoms with Crippen LogP contribution in [-0.2, 0) is 9.53 Å². The lowest BCUT2D eigenvalue weighted by atomic mass is 9.93. The SMILES string of the molecule is COC(=O)C(c1cc(OC(C)CBr)no1)C(C)C. The predicted octanol–water partition coefficient (Wildman–Crippen LogP) is 2.75. The molecule has 0 amide bonds. The van der Waals surface area contributed by atoms with E-state index in [0.29, 0.717) is 17.0 Å². The summed E-state index contributed by atoms with van der Waals surface area (Å²) in [5.41, 5.74) is 0. The third-order valence-corrected chi connectivity index (χ3v) is 3.39. The van der Waals surface area contributed by atoms with Crippen molar-refractivity contribution in [2.45, 2.75) is 32.8 Å². The van der Waals surface area contributed by atoms with Crippen LogP contribution in [0.25, 0.3) is 0 Å². The molecule has 0 radical (unpaired) electrons. The molecule has 5 nitrogen and oxygen atoms in total. The number of carbonyl (C=O) groups excluding carboxylic acids is 1. The molecule has 0 saturated heterocycles. The topological polar surface area (TPSA) is 61.6 Å². The van der Waals surface area contributed by atoms with E-state index in [1.165, 1.54) is 7.11 Å². The Morgan fingerprint density at radius 1 is 1.50 bits per heavy atom. The van der Waals surface area contributed by atoms with Gasteiger partial charge in [-0.2, -0.15) is 0 Å². The zero-order valence-electron chi connectivity index (χ0n) is 11.0. The summed E-state index contributed by atoms with van der Waals surface area (Å²) in [6, 6.07) is 1.64. The summed E-state index contributed by atoms with van der Waals surface area (Å²) in [5.74, 6) is 0.118. The lowest BCUT2D eigenvalue weighted by molar-refractivity contribution is -0.144. The third-order valence-electron chi connectivity index (χ3n) is 2.47. The van der Waals surface area contributed by atoms with Crippen molar-refractivity contribution in [3.63, 3.8) is 0 Å². The average molecular weight is 320 g/mol. The Bertz CT molecular complexity index is 391. The first-order valence-corrected chi connectivity index (χ1v) is 6.88. The van der Waals surface area contributed by atoms with Crippen molar-refractivity contribution in [3.8, 4) is 5.88 Å². The van der Waals surface area contributed by atoms with Crippen LogP contribution in [-0.4, -0.2) is 29.7 Å². The molecule has 0 aliphatic carbocycles. The van der Waals surface area contributed by atoms with Gasteiger partial charge in [-0.05, 0) is 18.0 Å². The number of alkyl halides is 1. The average Bonchev–Trinajstić information content (AvgIpc) is 2.76. The highest BCUT2D eigenvalue weighted by atomic mass is 79.9.